The zero-order valence-corrected chi connectivity index (χ0v) is 21.7. The number of para-hydroxylation sites is 2. The molecule has 0 saturated carbocycles. The Bertz CT molecular complexity index is 1260. The van der Waals surface area contributed by atoms with Crippen LogP contribution in [0.2, 0.25) is 0 Å². The van der Waals surface area contributed by atoms with Crippen LogP contribution in [0.4, 0.5) is 5.69 Å². The molecule has 190 valence electrons. The van der Waals surface area contributed by atoms with Gasteiger partial charge in [-0.25, -0.2) is 4.99 Å². The molecule has 4 aromatic rings. The summed E-state index contributed by atoms with van der Waals surface area (Å²) in [5, 5.41) is 0. The molecule has 4 aromatic carbocycles. The Hall–Kier alpha value is -4.45. The number of amidine groups is 1. The Morgan fingerprint density at radius 1 is 0.595 bits per heavy atom. The Morgan fingerprint density at radius 3 is 1.57 bits per heavy atom. The summed E-state index contributed by atoms with van der Waals surface area (Å²) in [6, 6.07) is 32.3. The fourth-order valence-corrected chi connectivity index (χ4v) is 4.18. The molecule has 0 radical (unpaired) electrons. The maximum atomic E-state index is 5.68. The molecule has 4 rings (SSSR count). The molecule has 37 heavy (non-hydrogen) atoms. The summed E-state index contributed by atoms with van der Waals surface area (Å²) in [7, 11) is 6.48. The first kappa shape index (κ1) is 25.6. The summed E-state index contributed by atoms with van der Waals surface area (Å²) >= 11 is 0. The number of aliphatic imine (C=N–C) groups is 1. The van der Waals surface area contributed by atoms with Crippen LogP contribution in [0, 0.1) is 0 Å². The van der Waals surface area contributed by atoms with Crippen molar-refractivity contribution in [2.24, 2.45) is 4.99 Å². The van der Waals surface area contributed by atoms with E-state index in [2.05, 4.69) is 29.2 Å². The maximum absolute atomic E-state index is 5.68. The molecular weight excluding hydrogens is 464 g/mol. The first-order valence-electron chi connectivity index (χ1n) is 12.0. The van der Waals surface area contributed by atoms with Crippen molar-refractivity contribution < 1.29 is 18.9 Å². The molecule has 0 fully saturated rings. The topological polar surface area (TPSA) is 52.5 Å². The number of rotatable bonds is 10. The van der Waals surface area contributed by atoms with E-state index >= 15 is 0 Å². The van der Waals surface area contributed by atoms with E-state index in [1.165, 1.54) is 11.1 Å². The summed E-state index contributed by atoms with van der Waals surface area (Å²) < 4.78 is 22.6. The molecular formula is C31H32N2O4. The van der Waals surface area contributed by atoms with Crippen LogP contribution in [-0.2, 0) is 13.1 Å². The van der Waals surface area contributed by atoms with E-state index in [-0.39, 0.29) is 0 Å². The van der Waals surface area contributed by atoms with E-state index in [1.807, 2.05) is 72.8 Å². The summed E-state index contributed by atoms with van der Waals surface area (Å²) in [4.78, 5) is 7.41. The van der Waals surface area contributed by atoms with Gasteiger partial charge in [0.25, 0.3) is 0 Å². The number of hydrogen-bond donors (Lipinski definition) is 0. The molecule has 0 spiro atoms. The van der Waals surface area contributed by atoms with Crippen LogP contribution < -0.4 is 18.9 Å². The van der Waals surface area contributed by atoms with Gasteiger partial charge in [0.2, 0.25) is 5.75 Å². The standard InChI is InChI=1S/C31H32N2O4/c1-34-27-18-12-11-17-26(27)32-31(25-19-28(35-2)30(37-4)29(20-25)36-3)33(21-23-13-7-5-8-14-23)22-24-15-9-6-10-16-24/h5-20H,21-22H2,1-4H3. The molecule has 0 aliphatic rings. The van der Waals surface area contributed by atoms with Crippen molar-refractivity contribution in [2.75, 3.05) is 28.4 Å². The lowest BCUT2D eigenvalue weighted by Crippen LogP contribution is -2.31. The van der Waals surface area contributed by atoms with Gasteiger partial charge in [-0.3, -0.25) is 0 Å². The molecule has 0 saturated heterocycles. The largest absolute Gasteiger partial charge is 0.494 e. The first-order valence-corrected chi connectivity index (χ1v) is 12.0. The monoisotopic (exact) mass is 496 g/mol. The van der Waals surface area contributed by atoms with Crippen LogP contribution in [0.5, 0.6) is 23.0 Å². The average Bonchev–Trinajstić information content (AvgIpc) is 2.96. The van der Waals surface area contributed by atoms with Crippen molar-refractivity contribution in [3.63, 3.8) is 0 Å². The van der Waals surface area contributed by atoms with Gasteiger partial charge in [-0.1, -0.05) is 72.8 Å². The Kier molecular flexibility index (Phi) is 8.66. The van der Waals surface area contributed by atoms with Gasteiger partial charge in [-0.05, 0) is 35.4 Å². The van der Waals surface area contributed by atoms with Crippen molar-refractivity contribution in [1.82, 2.24) is 4.90 Å². The number of ether oxygens (including phenoxy) is 4. The normalized spacial score (nSPS) is 11.1. The zero-order chi connectivity index (χ0) is 26.0. The lowest BCUT2D eigenvalue weighted by molar-refractivity contribution is 0.324. The highest BCUT2D eigenvalue weighted by Crippen LogP contribution is 2.39. The predicted octanol–water partition coefficient (Wildman–Crippen LogP) is 6.50. The minimum Gasteiger partial charge on any atom is -0.494 e. The fraction of sp³-hybridized carbons (Fsp3) is 0.194. The minimum atomic E-state index is 0.531. The van der Waals surface area contributed by atoms with Gasteiger partial charge < -0.3 is 23.8 Å². The second kappa shape index (κ2) is 12.5. The Morgan fingerprint density at radius 2 is 1.08 bits per heavy atom. The highest BCUT2D eigenvalue weighted by Gasteiger charge is 2.21. The van der Waals surface area contributed by atoms with Crippen LogP contribution in [0.1, 0.15) is 16.7 Å². The number of hydrogen-bond acceptors (Lipinski definition) is 5. The van der Waals surface area contributed by atoms with Gasteiger partial charge in [0.05, 0.1) is 28.4 Å². The maximum Gasteiger partial charge on any atom is 0.203 e. The fourth-order valence-electron chi connectivity index (χ4n) is 4.18. The predicted molar refractivity (Wildman–Crippen MR) is 147 cm³/mol. The molecule has 0 unspecified atom stereocenters. The third kappa shape index (κ3) is 6.22. The number of benzene rings is 4. The quantitative estimate of drug-likeness (QED) is 0.185. The number of methoxy groups -OCH3 is 4. The van der Waals surface area contributed by atoms with Gasteiger partial charge in [-0.2, -0.15) is 0 Å². The second-order valence-corrected chi connectivity index (χ2v) is 8.35. The van der Waals surface area contributed by atoms with Crippen LogP contribution in [0.3, 0.4) is 0 Å². The summed E-state index contributed by atoms with van der Waals surface area (Å²) in [6.45, 7) is 1.28. The van der Waals surface area contributed by atoms with Gasteiger partial charge in [0, 0.05) is 18.7 Å². The zero-order valence-electron chi connectivity index (χ0n) is 21.7. The molecule has 0 aliphatic heterocycles. The second-order valence-electron chi connectivity index (χ2n) is 8.35. The molecule has 0 aliphatic carbocycles. The van der Waals surface area contributed by atoms with Crippen LogP contribution in [0.25, 0.3) is 0 Å². The third-order valence-corrected chi connectivity index (χ3v) is 5.97. The van der Waals surface area contributed by atoms with Crippen molar-refractivity contribution in [3.05, 3.63) is 114 Å². The van der Waals surface area contributed by atoms with E-state index in [0.29, 0.717) is 36.1 Å². The van der Waals surface area contributed by atoms with E-state index in [0.717, 1.165) is 17.1 Å². The summed E-state index contributed by atoms with van der Waals surface area (Å²) in [5.41, 5.74) is 3.88. The molecule has 0 atom stereocenters. The lowest BCUT2D eigenvalue weighted by atomic mass is 10.1. The average molecular weight is 497 g/mol. The van der Waals surface area contributed by atoms with Crippen LogP contribution in [0.15, 0.2) is 102 Å². The van der Waals surface area contributed by atoms with Crippen molar-refractivity contribution in [3.8, 4) is 23.0 Å². The molecule has 0 heterocycles. The van der Waals surface area contributed by atoms with Crippen molar-refractivity contribution in [2.45, 2.75) is 13.1 Å². The van der Waals surface area contributed by atoms with E-state index in [4.69, 9.17) is 23.9 Å². The molecule has 0 bridgehead atoms. The van der Waals surface area contributed by atoms with Gasteiger partial charge in [0.15, 0.2) is 11.5 Å². The molecule has 6 nitrogen and oxygen atoms in total. The summed E-state index contributed by atoms with van der Waals surface area (Å²) in [5.74, 6) is 3.08. The van der Waals surface area contributed by atoms with E-state index in [9.17, 15) is 0 Å². The first-order chi connectivity index (χ1) is 18.2. The van der Waals surface area contributed by atoms with E-state index in [1.54, 1.807) is 28.4 Å². The number of nitrogens with zero attached hydrogens (tertiary/aromatic N) is 2. The van der Waals surface area contributed by atoms with Crippen molar-refractivity contribution in [1.29, 1.82) is 0 Å². The van der Waals surface area contributed by atoms with Gasteiger partial charge >= 0.3 is 0 Å². The van der Waals surface area contributed by atoms with E-state index < -0.39 is 0 Å². The van der Waals surface area contributed by atoms with Crippen LogP contribution in [-0.4, -0.2) is 39.2 Å². The Balaban J connectivity index is 1.93. The summed E-state index contributed by atoms with van der Waals surface area (Å²) in [6.07, 6.45) is 0. The van der Waals surface area contributed by atoms with Crippen molar-refractivity contribution >= 4 is 11.5 Å². The third-order valence-electron chi connectivity index (χ3n) is 5.97. The molecule has 0 aromatic heterocycles. The SMILES string of the molecule is COc1ccccc1N=C(c1cc(OC)c(OC)c(OC)c1)N(Cc1ccccc1)Cc1ccccc1. The van der Waals surface area contributed by atoms with Crippen LogP contribution >= 0.6 is 0 Å². The Labute approximate surface area is 218 Å². The molecule has 0 N–H and O–H groups in total. The van der Waals surface area contributed by atoms with Gasteiger partial charge in [-0.15, -0.1) is 0 Å². The molecule has 6 heteroatoms. The highest BCUT2D eigenvalue weighted by atomic mass is 16.5. The minimum absolute atomic E-state index is 0.531. The smallest absolute Gasteiger partial charge is 0.203 e. The lowest BCUT2D eigenvalue weighted by Gasteiger charge is -2.28. The molecule has 0 amide bonds. The highest BCUT2D eigenvalue weighted by molar-refractivity contribution is 6.01. The van der Waals surface area contributed by atoms with Gasteiger partial charge in [0.1, 0.15) is 17.3 Å².